The van der Waals surface area contributed by atoms with E-state index in [1.165, 1.54) is 37.9 Å². The van der Waals surface area contributed by atoms with Crippen LogP contribution in [0.25, 0.3) is 0 Å². The molecule has 1 aliphatic rings. The Balaban J connectivity index is 0. The number of unbranched alkanes of at least 4 members (excludes halogenated alkanes) is 2. The van der Waals surface area contributed by atoms with Crippen LogP contribution in [0.4, 0.5) is 0 Å². The quantitative estimate of drug-likeness (QED) is 0.471. The Morgan fingerprint density at radius 2 is 2.08 bits per heavy atom. The van der Waals surface area contributed by atoms with Gasteiger partial charge in [0.05, 0.1) is 0 Å². The van der Waals surface area contributed by atoms with E-state index in [0.717, 1.165) is 5.25 Å². The van der Waals surface area contributed by atoms with E-state index in [0.29, 0.717) is 0 Å². The Morgan fingerprint density at radius 3 is 2.58 bits per heavy atom. The van der Waals surface area contributed by atoms with Gasteiger partial charge in [0.2, 0.25) is 0 Å². The Kier molecular flexibility index (Phi) is 10.4. The minimum atomic E-state index is 0. The maximum Gasteiger partial charge on any atom is 0.0159 e. The number of hydrogen-bond acceptors (Lipinski definition) is 2. The van der Waals surface area contributed by atoms with Gasteiger partial charge in [-0.3, -0.25) is 0 Å². The van der Waals surface area contributed by atoms with E-state index >= 15 is 0 Å². The average molecular weight is 208 g/mol. The van der Waals surface area contributed by atoms with Crippen molar-refractivity contribution in [3.63, 3.8) is 0 Å². The molecule has 0 nitrogen and oxygen atoms in total. The van der Waals surface area contributed by atoms with Gasteiger partial charge < -0.3 is 0 Å². The summed E-state index contributed by atoms with van der Waals surface area (Å²) in [4.78, 5) is 0. The molecule has 2 heteroatoms. The van der Waals surface area contributed by atoms with Crippen molar-refractivity contribution in [1.29, 1.82) is 0 Å². The fraction of sp³-hybridized carbons (Fsp3) is 1.00. The second-order valence-electron chi connectivity index (χ2n) is 2.82. The first-order chi connectivity index (χ1) is 5.93. The summed E-state index contributed by atoms with van der Waals surface area (Å²) in [5.74, 6) is 1.39. The van der Waals surface area contributed by atoms with Crippen LogP contribution in [0.5, 0.6) is 0 Å². The van der Waals surface area contributed by atoms with Crippen molar-refractivity contribution < 1.29 is 1.43 Å². The maximum atomic E-state index is 2.27. The zero-order valence-corrected chi connectivity index (χ0v) is 10.3. The lowest BCUT2D eigenvalue weighted by molar-refractivity contribution is 0.642. The molecule has 1 fully saturated rings. The van der Waals surface area contributed by atoms with Crippen LogP contribution in [0.3, 0.4) is 0 Å². The summed E-state index contributed by atoms with van der Waals surface area (Å²) in [5, 5.41) is 0.997. The summed E-state index contributed by atoms with van der Waals surface area (Å²) in [7, 11) is 4.17. The fourth-order valence-corrected chi connectivity index (χ4v) is 4.21. The van der Waals surface area contributed by atoms with Crippen molar-refractivity contribution in [2.24, 2.45) is 0 Å². The van der Waals surface area contributed by atoms with Crippen molar-refractivity contribution in [1.82, 2.24) is 0 Å². The molecular formula is C10H24S2. The van der Waals surface area contributed by atoms with Crippen LogP contribution in [0.2, 0.25) is 0 Å². The Hall–Kier alpha value is 0.700. The normalized spacial score (nSPS) is 21.8. The van der Waals surface area contributed by atoms with Gasteiger partial charge in [-0.2, -0.15) is 0 Å². The molecule has 1 saturated heterocycles. The van der Waals surface area contributed by atoms with Crippen molar-refractivity contribution in [2.45, 2.75) is 58.1 Å². The van der Waals surface area contributed by atoms with Crippen LogP contribution in [0.15, 0.2) is 0 Å². The standard InChI is InChI=1S/C8H16S2.C2H6.H2/c1-2-3-4-5-8-6-7-9-10-8;1-2;/h8H,2-7H2,1H3;1-2H3;1H/t8-;;/m1../s1. The van der Waals surface area contributed by atoms with E-state index in [4.69, 9.17) is 0 Å². The molecule has 1 aliphatic heterocycles. The van der Waals surface area contributed by atoms with E-state index in [1.54, 1.807) is 0 Å². The first-order valence-electron chi connectivity index (χ1n) is 5.21. The summed E-state index contributed by atoms with van der Waals surface area (Å²) >= 11 is 0. The monoisotopic (exact) mass is 208 g/mol. The molecule has 0 aliphatic carbocycles. The molecule has 0 aromatic heterocycles. The van der Waals surface area contributed by atoms with Crippen molar-refractivity contribution in [2.75, 3.05) is 5.75 Å². The van der Waals surface area contributed by atoms with E-state index in [-0.39, 0.29) is 1.43 Å². The largest absolute Gasteiger partial charge is 0.0938 e. The van der Waals surface area contributed by atoms with Crippen molar-refractivity contribution in [3.8, 4) is 0 Å². The van der Waals surface area contributed by atoms with Gasteiger partial charge in [0.15, 0.2) is 0 Å². The molecule has 0 bridgehead atoms. The first kappa shape index (κ1) is 12.7. The summed E-state index contributed by atoms with van der Waals surface area (Å²) in [6.45, 7) is 6.27. The highest BCUT2D eigenvalue weighted by Gasteiger charge is 2.14. The van der Waals surface area contributed by atoms with Crippen LogP contribution in [0.1, 0.15) is 54.3 Å². The van der Waals surface area contributed by atoms with Crippen LogP contribution in [-0.4, -0.2) is 11.0 Å². The van der Waals surface area contributed by atoms with E-state index in [2.05, 4.69) is 28.5 Å². The minimum Gasteiger partial charge on any atom is -0.0938 e. The Bertz CT molecular complexity index is 83.0. The van der Waals surface area contributed by atoms with E-state index < -0.39 is 0 Å². The van der Waals surface area contributed by atoms with Gasteiger partial charge in [0.1, 0.15) is 0 Å². The van der Waals surface area contributed by atoms with Crippen LogP contribution >= 0.6 is 21.6 Å². The molecule has 12 heavy (non-hydrogen) atoms. The SMILES string of the molecule is CC.CCCCC[C@@H]1CCSS1.[HH]. The van der Waals surface area contributed by atoms with Crippen LogP contribution in [-0.2, 0) is 0 Å². The van der Waals surface area contributed by atoms with Gasteiger partial charge in [-0.15, -0.1) is 0 Å². The molecule has 0 aromatic rings. The molecular weight excluding hydrogens is 184 g/mol. The summed E-state index contributed by atoms with van der Waals surface area (Å²) in [6.07, 6.45) is 7.17. The molecule has 0 unspecified atom stereocenters. The summed E-state index contributed by atoms with van der Waals surface area (Å²) < 4.78 is 0. The predicted molar refractivity (Wildman–Crippen MR) is 66.1 cm³/mol. The highest BCUT2D eigenvalue weighted by Crippen LogP contribution is 2.39. The second-order valence-corrected chi connectivity index (χ2v) is 5.61. The third-order valence-corrected chi connectivity index (χ3v) is 4.86. The third-order valence-electron chi connectivity index (χ3n) is 1.86. The zero-order valence-electron chi connectivity index (χ0n) is 8.64. The van der Waals surface area contributed by atoms with E-state index in [9.17, 15) is 0 Å². The maximum absolute atomic E-state index is 2.27. The lowest BCUT2D eigenvalue weighted by atomic mass is 10.1. The molecule has 0 N–H and O–H groups in total. The van der Waals surface area contributed by atoms with Gasteiger partial charge in [-0.25, -0.2) is 0 Å². The third kappa shape index (κ3) is 6.24. The minimum absolute atomic E-state index is 0. The molecule has 76 valence electrons. The lowest BCUT2D eigenvalue weighted by Gasteiger charge is -2.04. The van der Waals surface area contributed by atoms with Gasteiger partial charge in [-0.05, 0) is 12.8 Å². The highest BCUT2D eigenvalue weighted by atomic mass is 33.1. The molecule has 0 spiro atoms. The topological polar surface area (TPSA) is 0 Å². The predicted octanol–water partition coefficient (Wildman–Crippen LogP) is 4.99. The second kappa shape index (κ2) is 9.79. The fourth-order valence-electron chi connectivity index (χ4n) is 1.19. The Morgan fingerprint density at radius 1 is 1.33 bits per heavy atom. The molecule has 0 radical (unpaired) electrons. The van der Waals surface area contributed by atoms with Crippen molar-refractivity contribution in [3.05, 3.63) is 0 Å². The molecule has 0 saturated carbocycles. The number of hydrogen-bond donors (Lipinski definition) is 0. The zero-order chi connectivity index (χ0) is 9.23. The molecule has 1 atom stereocenters. The smallest absolute Gasteiger partial charge is 0.0159 e. The Labute approximate surface area is 87.2 Å². The first-order valence-corrected chi connectivity index (χ1v) is 7.60. The van der Waals surface area contributed by atoms with Crippen molar-refractivity contribution >= 4 is 21.6 Å². The molecule has 1 heterocycles. The van der Waals surface area contributed by atoms with Gasteiger partial charge in [0.25, 0.3) is 0 Å². The molecule has 1 rings (SSSR count). The molecule has 0 aromatic carbocycles. The summed E-state index contributed by atoms with van der Waals surface area (Å²) in [6, 6.07) is 0. The average Bonchev–Trinajstić information content (AvgIpc) is 2.61. The van der Waals surface area contributed by atoms with Gasteiger partial charge in [0, 0.05) is 12.4 Å². The van der Waals surface area contributed by atoms with Gasteiger partial charge in [-0.1, -0.05) is 61.6 Å². The van der Waals surface area contributed by atoms with Gasteiger partial charge >= 0.3 is 0 Å². The molecule has 0 amide bonds. The number of rotatable bonds is 4. The highest BCUT2D eigenvalue weighted by molar-refractivity contribution is 8.77. The van der Waals surface area contributed by atoms with Crippen LogP contribution in [0, 0.1) is 0 Å². The van der Waals surface area contributed by atoms with Crippen LogP contribution < -0.4 is 0 Å². The van der Waals surface area contributed by atoms with E-state index in [1.807, 2.05) is 13.8 Å². The lowest BCUT2D eigenvalue weighted by Crippen LogP contribution is -1.96. The summed E-state index contributed by atoms with van der Waals surface area (Å²) in [5.41, 5.74) is 0.